The van der Waals surface area contributed by atoms with E-state index in [0.717, 1.165) is 27.5 Å². The number of carbonyl (C=O) groups is 1. The van der Waals surface area contributed by atoms with E-state index in [2.05, 4.69) is 36.8 Å². The van der Waals surface area contributed by atoms with Crippen LogP contribution < -0.4 is 10.6 Å². The lowest BCUT2D eigenvalue weighted by atomic mass is 10.1. The zero-order chi connectivity index (χ0) is 15.4. The maximum absolute atomic E-state index is 12.0. The molecule has 0 aliphatic carbocycles. The molecule has 3 N–H and O–H groups in total. The van der Waals surface area contributed by atoms with Gasteiger partial charge in [-0.15, -0.1) is 0 Å². The molecule has 0 radical (unpaired) electrons. The van der Waals surface area contributed by atoms with E-state index in [1.54, 1.807) is 6.20 Å². The van der Waals surface area contributed by atoms with Crippen molar-refractivity contribution in [2.24, 2.45) is 0 Å². The van der Waals surface area contributed by atoms with Crippen molar-refractivity contribution in [3.8, 4) is 0 Å². The number of aromatic nitrogens is 2. The third kappa shape index (κ3) is 3.46. The average molecular weight is 359 g/mol. The minimum absolute atomic E-state index is 0.217. The second-order valence-corrected chi connectivity index (χ2v) is 5.81. The Morgan fingerprint density at radius 2 is 2.00 bits per heavy atom. The molecule has 0 spiro atoms. The molecule has 0 saturated carbocycles. The molecule has 0 aliphatic rings. The Morgan fingerprint density at radius 3 is 2.82 bits per heavy atom. The van der Waals surface area contributed by atoms with Gasteiger partial charge in [0.2, 0.25) is 0 Å². The molecule has 2 aromatic carbocycles. The lowest BCUT2D eigenvalue weighted by Crippen LogP contribution is -2.30. The van der Waals surface area contributed by atoms with Gasteiger partial charge in [-0.1, -0.05) is 34.1 Å². The van der Waals surface area contributed by atoms with E-state index in [1.807, 2.05) is 42.5 Å². The number of benzene rings is 2. The van der Waals surface area contributed by atoms with Gasteiger partial charge in [0.15, 0.2) is 0 Å². The summed E-state index contributed by atoms with van der Waals surface area (Å²) < 4.78 is 1.05. The molecule has 0 saturated heterocycles. The van der Waals surface area contributed by atoms with Gasteiger partial charge in [-0.2, -0.15) is 5.10 Å². The monoisotopic (exact) mass is 358 g/mol. The molecule has 2 amide bonds. The predicted octanol–water partition coefficient (Wildman–Crippen LogP) is 3.69. The van der Waals surface area contributed by atoms with Crippen LogP contribution in [0.2, 0.25) is 0 Å². The third-order valence-electron chi connectivity index (χ3n) is 3.35. The molecule has 0 unspecified atom stereocenters. The summed E-state index contributed by atoms with van der Waals surface area (Å²) in [6.45, 7) is 0.578. The Kier molecular flexibility index (Phi) is 4.39. The number of H-pyrrole nitrogens is 1. The van der Waals surface area contributed by atoms with Crippen molar-refractivity contribution in [1.29, 1.82) is 0 Å². The fourth-order valence-corrected chi connectivity index (χ4v) is 2.48. The van der Waals surface area contributed by atoms with Gasteiger partial charge < -0.3 is 10.6 Å². The first kappa shape index (κ1) is 14.6. The van der Waals surface area contributed by atoms with Crippen molar-refractivity contribution < 1.29 is 4.79 Å². The first-order valence-corrected chi connectivity index (χ1v) is 7.73. The Balaban J connectivity index is 1.54. The number of carbonyl (C=O) groups excluding carboxylic acids is 1. The van der Waals surface area contributed by atoms with Gasteiger partial charge in [-0.3, -0.25) is 5.10 Å². The van der Waals surface area contributed by atoms with Crippen molar-refractivity contribution in [2.75, 3.05) is 11.9 Å². The van der Waals surface area contributed by atoms with Gasteiger partial charge in [0.25, 0.3) is 0 Å². The van der Waals surface area contributed by atoms with Gasteiger partial charge in [0, 0.05) is 16.4 Å². The number of hydrogen-bond acceptors (Lipinski definition) is 2. The third-order valence-corrected chi connectivity index (χ3v) is 3.87. The Bertz CT molecular complexity index is 782. The second kappa shape index (κ2) is 6.62. The number of halogens is 1. The average Bonchev–Trinajstić information content (AvgIpc) is 2.99. The lowest BCUT2D eigenvalue weighted by molar-refractivity contribution is 0.252. The molecule has 0 atom stereocenters. The van der Waals surface area contributed by atoms with Crippen LogP contribution in [0.25, 0.3) is 10.9 Å². The van der Waals surface area contributed by atoms with E-state index in [9.17, 15) is 4.79 Å². The number of fused-ring (bicyclic) bond motifs is 1. The van der Waals surface area contributed by atoms with Gasteiger partial charge in [0.05, 0.1) is 17.4 Å². The topological polar surface area (TPSA) is 69.8 Å². The normalized spacial score (nSPS) is 10.6. The van der Waals surface area contributed by atoms with Crippen LogP contribution in [0.15, 0.2) is 53.1 Å². The molecule has 5 nitrogen and oxygen atoms in total. The van der Waals surface area contributed by atoms with Crippen molar-refractivity contribution in [2.45, 2.75) is 6.42 Å². The molecule has 22 heavy (non-hydrogen) atoms. The molecular formula is C16H15BrN4O. The summed E-state index contributed by atoms with van der Waals surface area (Å²) in [6, 6.07) is 13.5. The summed E-state index contributed by atoms with van der Waals surface area (Å²) in [7, 11) is 0. The number of aromatic amines is 1. The molecule has 0 fully saturated rings. The fraction of sp³-hybridized carbons (Fsp3) is 0.125. The van der Waals surface area contributed by atoms with Crippen LogP contribution in [0.1, 0.15) is 5.56 Å². The Labute approximate surface area is 136 Å². The van der Waals surface area contributed by atoms with Gasteiger partial charge in [-0.25, -0.2) is 4.79 Å². The number of rotatable bonds is 4. The fourth-order valence-electron chi connectivity index (χ4n) is 2.22. The highest BCUT2D eigenvalue weighted by Crippen LogP contribution is 2.20. The summed E-state index contributed by atoms with van der Waals surface area (Å²) in [4.78, 5) is 12.0. The van der Waals surface area contributed by atoms with Crippen molar-refractivity contribution in [3.63, 3.8) is 0 Å². The van der Waals surface area contributed by atoms with E-state index >= 15 is 0 Å². The maximum Gasteiger partial charge on any atom is 0.319 e. The van der Waals surface area contributed by atoms with E-state index in [1.165, 1.54) is 5.56 Å². The molecule has 1 aromatic heterocycles. The highest BCUT2D eigenvalue weighted by Gasteiger charge is 2.06. The highest BCUT2D eigenvalue weighted by atomic mass is 79.9. The first-order valence-electron chi connectivity index (χ1n) is 6.94. The lowest BCUT2D eigenvalue weighted by Gasteiger charge is -2.08. The molecule has 0 aliphatic heterocycles. The molecule has 3 aromatic rings. The zero-order valence-corrected chi connectivity index (χ0v) is 13.4. The summed E-state index contributed by atoms with van der Waals surface area (Å²) in [6.07, 6.45) is 2.49. The molecule has 6 heteroatoms. The SMILES string of the molecule is O=C(NCCc1ccc(Br)cc1)Nc1cccc2[nH]ncc12. The predicted molar refractivity (Wildman–Crippen MR) is 91.0 cm³/mol. The summed E-state index contributed by atoms with van der Waals surface area (Å²) in [5.41, 5.74) is 2.82. The van der Waals surface area contributed by atoms with E-state index < -0.39 is 0 Å². The van der Waals surface area contributed by atoms with Crippen LogP contribution in [-0.2, 0) is 6.42 Å². The van der Waals surface area contributed by atoms with Crippen LogP contribution in [0.4, 0.5) is 10.5 Å². The van der Waals surface area contributed by atoms with Gasteiger partial charge in [-0.05, 0) is 36.2 Å². The van der Waals surface area contributed by atoms with E-state index in [4.69, 9.17) is 0 Å². The van der Waals surface area contributed by atoms with Crippen molar-refractivity contribution in [1.82, 2.24) is 15.5 Å². The van der Waals surface area contributed by atoms with Crippen LogP contribution in [0.5, 0.6) is 0 Å². The molecule has 0 bridgehead atoms. The van der Waals surface area contributed by atoms with Crippen LogP contribution in [0, 0.1) is 0 Å². The number of nitrogens with zero attached hydrogens (tertiary/aromatic N) is 1. The Morgan fingerprint density at radius 1 is 1.18 bits per heavy atom. The van der Waals surface area contributed by atoms with Crippen LogP contribution in [-0.4, -0.2) is 22.8 Å². The molecule has 3 rings (SSSR count). The quantitative estimate of drug-likeness (QED) is 0.665. The zero-order valence-electron chi connectivity index (χ0n) is 11.8. The minimum atomic E-state index is -0.217. The van der Waals surface area contributed by atoms with Gasteiger partial charge in [0.1, 0.15) is 0 Å². The summed E-state index contributed by atoms with van der Waals surface area (Å²) in [5.74, 6) is 0. The number of hydrogen-bond donors (Lipinski definition) is 3. The molecular weight excluding hydrogens is 344 g/mol. The smallest absolute Gasteiger partial charge is 0.319 e. The molecule has 1 heterocycles. The Hall–Kier alpha value is -2.34. The maximum atomic E-state index is 12.0. The largest absolute Gasteiger partial charge is 0.338 e. The van der Waals surface area contributed by atoms with Crippen molar-refractivity contribution >= 4 is 38.6 Å². The van der Waals surface area contributed by atoms with E-state index in [0.29, 0.717) is 6.54 Å². The number of urea groups is 1. The standard InChI is InChI=1S/C16H15BrN4O/c17-12-6-4-11(5-7-12)8-9-18-16(22)20-14-2-1-3-15-13(14)10-19-21-15/h1-7,10H,8-9H2,(H,19,21)(H2,18,20,22). The first-order chi connectivity index (χ1) is 10.7. The molecule has 112 valence electrons. The second-order valence-electron chi connectivity index (χ2n) is 4.89. The van der Waals surface area contributed by atoms with E-state index in [-0.39, 0.29) is 6.03 Å². The summed E-state index contributed by atoms with van der Waals surface area (Å²) in [5, 5.41) is 13.5. The summed E-state index contributed by atoms with van der Waals surface area (Å²) >= 11 is 3.40. The number of nitrogens with one attached hydrogen (secondary N) is 3. The minimum Gasteiger partial charge on any atom is -0.338 e. The number of anilines is 1. The van der Waals surface area contributed by atoms with Crippen LogP contribution >= 0.6 is 15.9 Å². The number of amides is 2. The van der Waals surface area contributed by atoms with Gasteiger partial charge >= 0.3 is 6.03 Å². The highest BCUT2D eigenvalue weighted by molar-refractivity contribution is 9.10. The van der Waals surface area contributed by atoms with Crippen molar-refractivity contribution in [3.05, 3.63) is 58.7 Å². The van der Waals surface area contributed by atoms with Crippen LogP contribution in [0.3, 0.4) is 0 Å².